The smallest absolute Gasteiger partial charge is 0.316 e. The Hall–Kier alpha value is -2.34. The largest absolute Gasteiger partial charge is 0.461 e. The zero-order valence-corrected chi connectivity index (χ0v) is 11.5. The summed E-state index contributed by atoms with van der Waals surface area (Å²) in [5, 5.41) is 0. The Bertz CT molecular complexity index is 547. The van der Waals surface area contributed by atoms with Gasteiger partial charge in [0.25, 0.3) is 0 Å². The highest BCUT2D eigenvalue weighted by Crippen LogP contribution is 2.07. The van der Waals surface area contributed by atoms with Gasteiger partial charge < -0.3 is 9.47 Å². The highest BCUT2D eigenvalue weighted by atomic mass is 19.1. The summed E-state index contributed by atoms with van der Waals surface area (Å²) < 4.78 is 22.0. The van der Waals surface area contributed by atoms with E-state index in [4.69, 9.17) is 9.47 Å². The van der Waals surface area contributed by atoms with Crippen LogP contribution >= 0.6 is 0 Å². The Balaban J connectivity index is 1.80. The fourth-order valence-corrected chi connectivity index (χ4v) is 1.49. The Labute approximate surface area is 122 Å². The van der Waals surface area contributed by atoms with Crippen molar-refractivity contribution < 1.29 is 13.9 Å². The summed E-state index contributed by atoms with van der Waals surface area (Å²) in [6.45, 7) is 0.201. The Morgan fingerprint density at radius 3 is 2.57 bits per heavy atom. The van der Waals surface area contributed by atoms with Crippen molar-refractivity contribution in [1.29, 1.82) is 0 Å². The number of alkyl halides is 1. The number of pyridine rings is 1. The molecule has 0 unspecified atom stereocenters. The molecule has 0 spiro atoms. The van der Waals surface area contributed by atoms with Crippen LogP contribution in [0.1, 0.15) is 11.3 Å². The first kappa shape index (κ1) is 15.1. The molecule has 2 aromatic rings. The molecule has 2 aromatic heterocycles. The van der Waals surface area contributed by atoms with E-state index in [0.29, 0.717) is 13.2 Å². The summed E-state index contributed by atoms with van der Waals surface area (Å²) in [5.74, 6) is 0. The van der Waals surface area contributed by atoms with Gasteiger partial charge in [-0.1, -0.05) is 6.07 Å². The lowest BCUT2D eigenvalue weighted by atomic mass is 10.2. The SMILES string of the molecule is FCCOCCOc1ncc(/C=C/c2ccccn2)cn1. The van der Waals surface area contributed by atoms with Crippen LogP contribution in [0, 0.1) is 0 Å². The predicted octanol–water partition coefficient (Wildman–Crippen LogP) is 2.41. The normalized spacial score (nSPS) is 10.9. The molecule has 21 heavy (non-hydrogen) atoms. The molecule has 0 N–H and O–H groups in total. The second kappa shape index (κ2) is 8.76. The number of hydrogen-bond donors (Lipinski definition) is 0. The van der Waals surface area contributed by atoms with E-state index >= 15 is 0 Å². The van der Waals surface area contributed by atoms with E-state index in [0.717, 1.165) is 11.3 Å². The van der Waals surface area contributed by atoms with Crippen molar-refractivity contribution in [2.45, 2.75) is 0 Å². The third-order valence-electron chi connectivity index (χ3n) is 2.46. The summed E-state index contributed by atoms with van der Waals surface area (Å²) in [4.78, 5) is 12.3. The summed E-state index contributed by atoms with van der Waals surface area (Å²) in [6.07, 6.45) is 8.80. The quantitative estimate of drug-likeness (QED) is 0.698. The van der Waals surface area contributed by atoms with Gasteiger partial charge in [0, 0.05) is 24.2 Å². The van der Waals surface area contributed by atoms with E-state index in [9.17, 15) is 4.39 Å². The summed E-state index contributed by atoms with van der Waals surface area (Å²) >= 11 is 0. The first-order chi connectivity index (χ1) is 10.4. The maximum atomic E-state index is 11.8. The maximum Gasteiger partial charge on any atom is 0.316 e. The van der Waals surface area contributed by atoms with Crippen LogP contribution in [0.5, 0.6) is 6.01 Å². The van der Waals surface area contributed by atoms with Crippen LogP contribution < -0.4 is 4.74 Å². The number of hydrogen-bond acceptors (Lipinski definition) is 5. The van der Waals surface area contributed by atoms with E-state index in [-0.39, 0.29) is 12.6 Å². The summed E-state index contributed by atoms with van der Waals surface area (Å²) in [6, 6.07) is 5.97. The van der Waals surface area contributed by atoms with Crippen LogP contribution in [0.15, 0.2) is 36.8 Å². The van der Waals surface area contributed by atoms with Crippen molar-refractivity contribution >= 4 is 12.2 Å². The van der Waals surface area contributed by atoms with Gasteiger partial charge in [-0.05, 0) is 24.3 Å². The molecule has 0 aliphatic rings. The zero-order valence-electron chi connectivity index (χ0n) is 11.5. The van der Waals surface area contributed by atoms with Crippen molar-refractivity contribution in [1.82, 2.24) is 15.0 Å². The second-order valence-electron chi connectivity index (χ2n) is 4.04. The molecule has 6 heteroatoms. The molecule has 0 aliphatic carbocycles. The molecular weight excluding hydrogens is 273 g/mol. The van der Waals surface area contributed by atoms with Crippen molar-refractivity contribution in [3.8, 4) is 6.01 Å². The fraction of sp³-hybridized carbons (Fsp3) is 0.267. The molecule has 110 valence electrons. The lowest BCUT2D eigenvalue weighted by Crippen LogP contribution is -2.09. The van der Waals surface area contributed by atoms with Gasteiger partial charge in [0.2, 0.25) is 0 Å². The zero-order chi connectivity index (χ0) is 14.8. The highest BCUT2D eigenvalue weighted by Gasteiger charge is 1.97. The molecule has 5 nitrogen and oxygen atoms in total. The third kappa shape index (κ3) is 5.66. The van der Waals surface area contributed by atoms with E-state index in [1.54, 1.807) is 18.6 Å². The maximum absolute atomic E-state index is 11.8. The van der Waals surface area contributed by atoms with Crippen LogP contribution in [0.4, 0.5) is 4.39 Å². The average molecular weight is 289 g/mol. The minimum absolute atomic E-state index is 0.0848. The van der Waals surface area contributed by atoms with Gasteiger partial charge in [-0.3, -0.25) is 4.98 Å². The number of ether oxygens (including phenoxy) is 2. The molecular formula is C15H16FN3O2. The topological polar surface area (TPSA) is 57.1 Å². The van der Waals surface area contributed by atoms with Gasteiger partial charge in [0.05, 0.1) is 18.9 Å². The van der Waals surface area contributed by atoms with Gasteiger partial charge in [-0.2, -0.15) is 0 Å². The van der Waals surface area contributed by atoms with Gasteiger partial charge in [-0.15, -0.1) is 0 Å². The first-order valence-corrected chi connectivity index (χ1v) is 6.56. The van der Waals surface area contributed by atoms with Crippen molar-refractivity contribution in [3.05, 3.63) is 48.0 Å². The average Bonchev–Trinajstić information content (AvgIpc) is 2.55. The van der Waals surface area contributed by atoms with E-state index < -0.39 is 6.67 Å². The molecule has 2 rings (SSSR count). The number of halogens is 1. The Morgan fingerprint density at radius 2 is 1.86 bits per heavy atom. The molecule has 0 fully saturated rings. The Morgan fingerprint density at radius 1 is 1.00 bits per heavy atom. The minimum atomic E-state index is -0.492. The van der Waals surface area contributed by atoms with Crippen molar-refractivity contribution in [2.24, 2.45) is 0 Å². The van der Waals surface area contributed by atoms with Crippen molar-refractivity contribution in [2.75, 3.05) is 26.5 Å². The van der Waals surface area contributed by atoms with Crippen LogP contribution in [0.3, 0.4) is 0 Å². The number of aromatic nitrogens is 3. The van der Waals surface area contributed by atoms with Crippen molar-refractivity contribution in [3.63, 3.8) is 0 Å². The van der Waals surface area contributed by atoms with E-state index in [2.05, 4.69) is 15.0 Å². The molecule has 0 aromatic carbocycles. The molecule has 0 radical (unpaired) electrons. The standard InChI is InChI=1S/C15H16FN3O2/c16-6-8-20-9-10-21-15-18-11-13(12-19-15)4-5-14-3-1-2-7-17-14/h1-5,7,11-12H,6,8-10H2/b5-4+. The van der Waals surface area contributed by atoms with Gasteiger partial charge in [0.15, 0.2) is 0 Å². The van der Waals surface area contributed by atoms with Gasteiger partial charge >= 0.3 is 6.01 Å². The van der Waals surface area contributed by atoms with Gasteiger partial charge in [0.1, 0.15) is 13.3 Å². The van der Waals surface area contributed by atoms with E-state index in [1.165, 1.54) is 0 Å². The summed E-state index contributed by atoms with van der Waals surface area (Å²) in [5.41, 5.74) is 1.71. The van der Waals surface area contributed by atoms with Gasteiger partial charge in [-0.25, -0.2) is 14.4 Å². The minimum Gasteiger partial charge on any atom is -0.461 e. The summed E-state index contributed by atoms with van der Waals surface area (Å²) in [7, 11) is 0. The molecule has 0 bridgehead atoms. The molecule has 2 heterocycles. The van der Waals surface area contributed by atoms with Crippen LogP contribution in [0.2, 0.25) is 0 Å². The van der Waals surface area contributed by atoms with Crippen LogP contribution in [-0.4, -0.2) is 41.4 Å². The fourth-order valence-electron chi connectivity index (χ4n) is 1.49. The van der Waals surface area contributed by atoms with Crippen LogP contribution in [0.25, 0.3) is 12.2 Å². The lowest BCUT2D eigenvalue weighted by Gasteiger charge is -2.04. The molecule has 0 amide bonds. The molecule has 0 aliphatic heterocycles. The second-order valence-corrected chi connectivity index (χ2v) is 4.04. The molecule has 0 saturated carbocycles. The van der Waals surface area contributed by atoms with E-state index in [1.807, 2.05) is 30.4 Å². The molecule has 0 atom stereocenters. The highest BCUT2D eigenvalue weighted by molar-refractivity contribution is 5.66. The monoisotopic (exact) mass is 289 g/mol. The van der Waals surface area contributed by atoms with Crippen LogP contribution in [-0.2, 0) is 4.74 Å². The predicted molar refractivity (Wildman–Crippen MR) is 77.5 cm³/mol. The molecule has 0 saturated heterocycles. The first-order valence-electron chi connectivity index (χ1n) is 6.56. The number of nitrogens with zero attached hydrogens (tertiary/aromatic N) is 3. The number of rotatable bonds is 8. The lowest BCUT2D eigenvalue weighted by molar-refractivity contribution is 0.0868. The Kier molecular flexibility index (Phi) is 6.28. The third-order valence-corrected chi connectivity index (χ3v) is 2.46.